The molecule has 0 heterocycles. The van der Waals surface area contributed by atoms with Gasteiger partial charge in [-0.05, 0) is 50.3 Å². The van der Waals surface area contributed by atoms with E-state index in [4.69, 9.17) is 17.0 Å². The number of ether oxygens (including phenoxy) is 2. The molecule has 0 aliphatic carbocycles. The molecule has 0 aliphatic rings. The third-order valence-corrected chi connectivity index (χ3v) is 2.75. The van der Waals surface area contributed by atoms with Gasteiger partial charge in [-0.15, -0.1) is 0 Å². The molecule has 0 unspecified atom stereocenters. The van der Waals surface area contributed by atoms with Crippen molar-refractivity contribution in [3.05, 3.63) is 42.0 Å². The van der Waals surface area contributed by atoms with Crippen LogP contribution in [0.4, 0.5) is 5.69 Å². The van der Waals surface area contributed by atoms with Gasteiger partial charge in [0, 0.05) is 17.8 Å². The molecule has 0 saturated carbocycles. The van der Waals surface area contributed by atoms with Crippen molar-refractivity contribution in [2.75, 3.05) is 18.5 Å². The van der Waals surface area contributed by atoms with Crippen LogP contribution in [0.15, 0.2) is 36.4 Å². The zero-order valence-electron chi connectivity index (χ0n) is 13.3. The van der Waals surface area contributed by atoms with Gasteiger partial charge in [-0.3, -0.25) is 10.1 Å². The number of amides is 1. The molecular weight excluding hydrogens is 332 g/mol. The Morgan fingerprint density at radius 3 is 2.25 bits per heavy atom. The van der Waals surface area contributed by atoms with E-state index in [9.17, 15) is 14.4 Å². The van der Waals surface area contributed by atoms with Crippen molar-refractivity contribution >= 4 is 40.9 Å². The fraction of sp³-hybridized carbons (Fsp3) is 0.250. The minimum absolute atomic E-state index is 0.0531. The summed E-state index contributed by atoms with van der Waals surface area (Å²) in [4.78, 5) is 34.2. The number of hydrogen-bond donors (Lipinski definition) is 2. The van der Waals surface area contributed by atoms with Crippen molar-refractivity contribution < 1.29 is 23.9 Å². The van der Waals surface area contributed by atoms with Crippen LogP contribution in [0.5, 0.6) is 0 Å². The van der Waals surface area contributed by atoms with Crippen LogP contribution in [-0.4, -0.2) is 36.2 Å². The van der Waals surface area contributed by atoms with Gasteiger partial charge in [-0.2, -0.15) is 0 Å². The highest BCUT2D eigenvalue weighted by Crippen LogP contribution is 2.10. The molecule has 1 aromatic carbocycles. The number of rotatable bonds is 6. The quantitative estimate of drug-likeness (QED) is 0.459. The smallest absolute Gasteiger partial charge is 0.338 e. The van der Waals surface area contributed by atoms with Crippen LogP contribution >= 0.6 is 12.2 Å². The molecule has 0 aromatic heterocycles. The average molecular weight is 350 g/mol. The summed E-state index contributed by atoms with van der Waals surface area (Å²) >= 11 is 4.98. The Labute approximate surface area is 145 Å². The number of carbonyl (C=O) groups excluding carboxylic acids is 3. The van der Waals surface area contributed by atoms with Gasteiger partial charge in [0.2, 0.25) is 5.91 Å². The van der Waals surface area contributed by atoms with E-state index < -0.39 is 17.8 Å². The Morgan fingerprint density at radius 2 is 1.67 bits per heavy atom. The molecule has 7 nitrogen and oxygen atoms in total. The highest BCUT2D eigenvalue weighted by molar-refractivity contribution is 7.80. The lowest BCUT2D eigenvalue weighted by atomic mass is 10.2. The predicted octanol–water partition coefficient (Wildman–Crippen LogP) is 1.80. The lowest BCUT2D eigenvalue weighted by Crippen LogP contribution is -2.33. The minimum Gasteiger partial charge on any atom is -0.463 e. The average Bonchev–Trinajstić information content (AvgIpc) is 2.54. The first-order valence-corrected chi connectivity index (χ1v) is 7.61. The molecule has 24 heavy (non-hydrogen) atoms. The Kier molecular flexibility index (Phi) is 8.14. The molecule has 0 radical (unpaired) electrons. The molecule has 1 rings (SSSR count). The SMILES string of the molecule is CCOC(=O)/C=C/C(=O)NC(=S)Nc1ccc(C(=O)OCC)cc1. The van der Waals surface area contributed by atoms with Gasteiger partial charge in [-0.25, -0.2) is 9.59 Å². The minimum atomic E-state index is -0.610. The Hall–Kier alpha value is -2.74. The summed E-state index contributed by atoms with van der Waals surface area (Å²) in [7, 11) is 0. The highest BCUT2D eigenvalue weighted by atomic mass is 32.1. The van der Waals surface area contributed by atoms with E-state index >= 15 is 0 Å². The number of hydrogen-bond acceptors (Lipinski definition) is 6. The van der Waals surface area contributed by atoms with Gasteiger partial charge in [0.15, 0.2) is 5.11 Å². The maximum Gasteiger partial charge on any atom is 0.338 e. The van der Waals surface area contributed by atoms with Crippen LogP contribution in [0.25, 0.3) is 0 Å². The summed E-state index contributed by atoms with van der Waals surface area (Å²) in [5.41, 5.74) is 0.998. The zero-order valence-corrected chi connectivity index (χ0v) is 14.1. The van der Waals surface area contributed by atoms with Crippen molar-refractivity contribution in [2.45, 2.75) is 13.8 Å². The Balaban J connectivity index is 2.51. The normalized spacial score (nSPS) is 10.1. The Morgan fingerprint density at radius 1 is 1.04 bits per heavy atom. The third-order valence-electron chi connectivity index (χ3n) is 2.55. The summed E-state index contributed by atoms with van der Waals surface area (Å²) < 4.78 is 9.53. The van der Waals surface area contributed by atoms with E-state index in [1.807, 2.05) is 0 Å². The van der Waals surface area contributed by atoms with Crippen molar-refractivity contribution in [3.8, 4) is 0 Å². The number of carbonyl (C=O) groups is 3. The van der Waals surface area contributed by atoms with Gasteiger partial charge in [0.25, 0.3) is 0 Å². The zero-order chi connectivity index (χ0) is 17.9. The van der Waals surface area contributed by atoms with Crippen molar-refractivity contribution in [2.24, 2.45) is 0 Å². The van der Waals surface area contributed by atoms with Gasteiger partial charge in [0.05, 0.1) is 18.8 Å². The first-order chi connectivity index (χ1) is 11.5. The molecule has 0 atom stereocenters. The van der Waals surface area contributed by atoms with Gasteiger partial charge in [0.1, 0.15) is 0 Å². The van der Waals surface area contributed by atoms with E-state index in [1.165, 1.54) is 0 Å². The predicted molar refractivity (Wildman–Crippen MR) is 92.5 cm³/mol. The number of esters is 2. The molecule has 1 amide bonds. The molecule has 0 saturated heterocycles. The number of anilines is 1. The summed E-state index contributed by atoms with van der Waals surface area (Å²) in [6, 6.07) is 6.40. The number of benzene rings is 1. The van der Waals surface area contributed by atoms with Crippen LogP contribution in [-0.2, 0) is 19.1 Å². The van der Waals surface area contributed by atoms with Crippen LogP contribution in [0.1, 0.15) is 24.2 Å². The molecule has 128 valence electrons. The topological polar surface area (TPSA) is 93.7 Å². The van der Waals surface area contributed by atoms with E-state index in [0.717, 1.165) is 12.2 Å². The molecule has 0 bridgehead atoms. The maximum absolute atomic E-state index is 11.6. The van der Waals surface area contributed by atoms with E-state index in [-0.39, 0.29) is 11.7 Å². The molecule has 0 fully saturated rings. The summed E-state index contributed by atoms with van der Waals surface area (Å²) in [6.45, 7) is 3.92. The fourth-order valence-corrected chi connectivity index (χ4v) is 1.77. The second-order valence-corrected chi connectivity index (χ2v) is 4.73. The van der Waals surface area contributed by atoms with Crippen LogP contribution < -0.4 is 10.6 Å². The Bertz CT molecular complexity index is 640. The first-order valence-electron chi connectivity index (χ1n) is 7.20. The number of thiocarbonyl (C=S) groups is 1. The largest absolute Gasteiger partial charge is 0.463 e. The summed E-state index contributed by atoms with van der Waals surface area (Å²) in [5.74, 6) is -1.59. The lowest BCUT2D eigenvalue weighted by Gasteiger charge is -2.08. The summed E-state index contributed by atoms with van der Waals surface area (Å²) in [6.07, 6.45) is 2.03. The van der Waals surface area contributed by atoms with E-state index in [1.54, 1.807) is 38.1 Å². The van der Waals surface area contributed by atoms with E-state index in [2.05, 4.69) is 15.4 Å². The molecule has 0 spiro atoms. The number of nitrogens with one attached hydrogen (secondary N) is 2. The van der Waals surface area contributed by atoms with Gasteiger partial charge in [-0.1, -0.05) is 0 Å². The molecule has 0 aliphatic heterocycles. The van der Waals surface area contributed by atoms with Crippen molar-refractivity contribution in [3.63, 3.8) is 0 Å². The lowest BCUT2D eigenvalue weighted by molar-refractivity contribution is -0.137. The molecule has 1 aromatic rings. The monoisotopic (exact) mass is 350 g/mol. The highest BCUT2D eigenvalue weighted by Gasteiger charge is 2.07. The van der Waals surface area contributed by atoms with Gasteiger partial charge >= 0.3 is 11.9 Å². The van der Waals surface area contributed by atoms with Crippen LogP contribution in [0, 0.1) is 0 Å². The van der Waals surface area contributed by atoms with Crippen molar-refractivity contribution in [1.29, 1.82) is 0 Å². The van der Waals surface area contributed by atoms with Crippen LogP contribution in [0.3, 0.4) is 0 Å². The molecular formula is C16H18N2O5S. The maximum atomic E-state index is 11.6. The molecule has 8 heteroatoms. The first kappa shape index (κ1) is 19.3. The standard InChI is InChI=1S/C16H18N2O5S/c1-3-22-14(20)10-9-13(19)18-16(24)17-12-7-5-11(6-8-12)15(21)23-4-2/h5-10H,3-4H2,1-2H3,(H2,17,18,19,24)/b10-9+. The third kappa shape index (κ3) is 7.01. The van der Waals surface area contributed by atoms with Crippen LogP contribution in [0.2, 0.25) is 0 Å². The van der Waals surface area contributed by atoms with Gasteiger partial charge < -0.3 is 14.8 Å². The van der Waals surface area contributed by atoms with E-state index in [0.29, 0.717) is 17.9 Å². The second-order valence-electron chi connectivity index (χ2n) is 4.33. The van der Waals surface area contributed by atoms with Crippen molar-refractivity contribution in [1.82, 2.24) is 5.32 Å². The second kappa shape index (κ2) is 10.1. The fourth-order valence-electron chi connectivity index (χ4n) is 1.55. The summed E-state index contributed by atoms with van der Waals surface area (Å²) in [5, 5.41) is 5.21. The molecule has 2 N–H and O–H groups in total.